The molecule has 1 unspecified atom stereocenters. The normalized spacial score (nSPS) is 28.6. The van der Waals surface area contributed by atoms with Gasteiger partial charge in [0.25, 0.3) is 0 Å². The Kier molecular flexibility index (Phi) is 4.18. The third kappa shape index (κ3) is 3.32. The maximum absolute atomic E-state index is 9.14. The van der Waals surface area contributed by atoms with Gasteiger partial charge in [0.1, 0.15) is 6.07 Å². The second-order valence-corrected chi connectivity index (χ2v) is 4.40. The van der Waals surface area contributed by atoms with E-state index in [0.717, 1.165) is 32.5 Å². The predicted molar refractivity (Wildman–Crippen MR) is 63.9 cm³/mol. The average molecular weight is 234 g/mol. The van der Waals surface area contributed by atoms with Crippen LogP contribution in [-0.2, 0) is 9.47 Å². The van der Waals surface area contributed by atoms with Gasteiger partial charge in [0.05, 0.1) is 6.61 Å². The van der Waals surface area contributed by atoms with Gasteiger partial charge in [0.2, 0.25) is 5.72 Å². The first kappa shape index (κ1) is 12.2. The molecule has 4 heteroatoms. The van der Waals surface area contributed by atoms with Gasteiger partial charge in [0, 0.05) is 19.4 Å². The molecule has 0 spiro atoms. The Balaban J connectivity index is 1.75. The van der Waals surface area contributed by atoms with Crippen LogP contribution < -0.4 is 5.32 Å². The van der Waals surface area contributed by atoms with Crippen LogP contribution >= 0.6 is 0 Å². The molecular formula is C13H18N2O2. The minimum Gasteiger partial charge on any atom is -0.381 e. The van der Waals surface area contributed by atoms with Gasteiger partial charge in [0.15, 0.2) is 0 Å². The first-order chi connectivity index (χ1) is 8.35. The molecule has 1 atom stereocenters. The standard InChI is InChI=1S/C13H18N2O2/c14-11-13(6-1-2-7-15-13)17-10-5-12-3-8-16-9-4-12/h1-2,6-7,12,15H,3-5,8-10H2. The lowest BCUT2D eigenvalue weighted by Gasteiger charge is -2.27. The largest absolute Gasteiger partial charge is 0.381 e. The van der Waals surface area contributed by atoms with Crippen molar-refractivity contribution in [2.24, 2.45) is 5.92 Å². The molecule has 4 nitrogen and oxygen atoms in total. The van der Waals surface area contributed by atoms with Crippen LogP contribution in [-0.4, -0.2) is 25.5 Å². The first-order valence-electron chi connectivity index (χ1n) is 6.10. The number of allylic oxidation sites excluding steroid dienone is 2. The van der Waals surface area contributed by atoms with Gasteiger partial charge in [-0.2, -0.15) is 5.26 Å². The minimum atomic E-state index is -0.972. The number of ether oxygens (including phenoxy) is 2. The Labute approximate surface area is 102 Å². The summed E-state index contributed by atoms with van der Waals surface area (Å²) >= 11 is 0. The van der Waals surface area contributed by atoms with E-state index in [2.05, 4.69) is 11.4 Å². The molecular weight excluding hydrogens is 216 g/mol. The van der Waals surface area contributed by atoms with Gasteiger partial charge < -0.3 is 14.8 Å². The monoisotopic (exact) mass is 234 g/mol. The van der Waals surface area contributed by atoms with E-state index in [1.165, 1.54) is 0 Å². The molecule has 1 fully saturated rings. The van der Waals surface area contributed by atoms with E-state index in [-0.39, 0.29) is 0 Å². The summed E-state index contributed by atoms with van der Waals surface area (Å²) in [4.78, 5) is 0. The molecule has 2 aliphatic heterocycles. The van der Waals surface area contributed by atoms with E-state index >= 15 is 0 Å². The van der Waals surface area contributed by atoms with Crippen LogP contribution in [0.2, 0.25) is 0 Å². The van der Waals surface area contributed by atoms with E-state index in [4.69, 9.17) is 14.7 Å². The summed E-state index contributed by atoms with van der Waals surface area (Å²) in [5, 5.41) is 12.1. The van der Waals surface area contributed by atoms with E-state index in [1.54, 1.807) is 12.3 Å². The second-order valence-electron chi connectivity index (χ2n) is 4.40. The van der Waals surface area contributed by atoms with Gasteiger partial charge in [-0.3, -0.25) is 0 Å². The molecule has 0 amide bonds. The zero-order chi connectivity index (χ0) is 12.0. The Hall–Kier alpha value is -1.31. The van der Waals surface area contributed by atoms with Crippen LogP contribution in [0.5, 0.6) is 0 Å². The Morgan fingerprint density at radius 3 is 2.88 bits per heavy atom. The van der Waals surface area contributed by atoms with Crippen molar-refractivity contribution >= 4 is 0 Å². The fourth-order valence-corrected chi connectivity index (χ4v) is 2.08. The number of hydrogen-bond acceptors (Lipinski definition) is 4. The third-order valence-corrected chi connectivity index (χ3v) is 3.20. The van der Waals surface area contributed by atoms with Crippen molar-refractivity contribution in [1.29, 1.82) is 5.26 Å². The highest BCUT2D eigenvalue weighted by Gasteiger charge is 2.27. The number of hydrogen-bond donors (Lipinski definition) is 1. The zero-order valence-corrected chi connectivity index (χ0v) is 9.89. The molecule has 0 aromatic rings. The van der Waals surface area contributed by atoms with Crippen molar-refractivity contribution in [3.05, 3.63) is 24.4 Å². The summed E-state index contributed by atoms with van der Waals surface area (Å²) in [6, 6.07) is 2.16. The highest BCUT2D eigenvalue weighted by molar-refractivity contribution is 5.23. The molecule has 2 aliphatic rings. The van der Waals surface area contributed by atoms with Crippen molar-refractivity contribution in [3.8, 4) is 6.07 Å². The summed E-state index contributed by atoms with van der Waals surface area (Å²) in [5.41, 5.74) is -0.972. The van der Waals surface area contributed by atoms with Gasteiger partial charge in [-0.05, 0) is 37.3 Å². The van der Waals surface area contributed by atoms with Gasteiger partial charge in [-0.25, -0.2) is 0 Å². The number of nitrogens with one attached hydrogen (secondary N) is 1. The number of nitriles is 1. The molecule has 0 aromatic heterocycles. The minimum absolute atomic E-state index is 0.601. The Morgan fingerprint density at radius 1 is 1.41 bits per heavy atom. The molecule has 0 aromatic carbocycles. The van der Waals surface area contributed by atoms with Crippen molar-refractivity contribution in [2.75, 3.05) is 19.8 Å². The van der Waals surface area contributed by atoms with Crippen LogP contribution in [0.25, 0.3) is 0 Å². The van der Waals surface area contributed by atoms with Crippen molar-refractivity contribution in [3.63, 3.8) is 0 Å². The van der Waals surface area contributed by atoms with Gasteiger partial charge >= 0.3 is 0 Å². The molecule has 1 saturated heterocycles. The molecule has 1 N–H and O–H groups in total. The Bertz CT molecular complexity index is 340. The summed E-state index contributed by atoms with van der Waals surface area (Å²) in [6.45, 7) is 2.31. The summed E-state index contributed by atoms with van der Waals surface area (Å²) < 4.78 is 11.0. The highest BCUT2D eigenvalue weighted by atomic mass is 16.5. The molecule has 92 valence electrons. The second kappa shape index (κ2) is 5.85. The zero-order valence-electron chi connectivity index (χ0n) is 9.89. The number of nitrogens with zero attached hydrogens (tertiary/aromatic N) is 1. The summed E-state index contributed by atoms with van der Waals surface area (Å²) in [7, 11) is 0. The van der Waals surface area contributed by atoms with Gasteiger partial charge in [-0.1, -0.05) is 6.08 Å². The SMILES string of the molecule is N#CC1(OCCC2CCOCC2)C=CC=CN1. The average Bonchev–Trinajstić information content (AvgIpc) is 2.41. The number of rotatable bonds is 4. The van der Waals surface area contributed by atoms with E-state index in [1.807, 2.05) is 12.2 Å². The molecule has 0 aliphatic carbocycles. The van der Waals surface area contributed by atoms with Crippen LogP contribution in [0, 0.1) is 17.2 Å². The van der Waals surface area contributed by atoms with Gasteiger partial charge in [-0.15, -0.1) is 0 Å². The molecule has 0 radical (unpaired) electrons. The molecule has 0 bridgehead atoms. The Morgan fingerprint density at radius 2 is 2.24 bits per heavy atom. The quantitative estimate of drug-likeness (QED) is 0.804. The van der Waals surface area contributed by atoms with E-state index in [9.17, 15) is 0 Å². The topological polar surface area (TPSA) is 54.3 Å². The lowest BCUT2D eigenvalue weighted by Crippen LogP contribution is -2.43. The van der Waals surface area contributed by atoms with E-state index < -0.39 is 5.72 Å². The summed E-state index contributed by atoms with van der Waals surface area (Å²) in [6.07, 6.45) is 10.4. The fourth-order valence-electron chi connectivity index (χ4n) is 2.08. The van der Waals surface area contributed by atoms with E-state index in [0.29, 0.717) is 12.5 Å². The van der Waals surface area contributed by atoms with Crippen LogP contribution in [0.4, 0.5) is 0 Å². The highest BCUT2D eigenvalue weighted by Crippen LogP contribution is 2.20. The van der Waals surface area contributed by atoms with Crippen molar-refractivity contribution in [2.45, 2.75) is 25.0 Å². The van der Waals surface area contributed by atoms with Crippen LogP contribution in [0.3, 0.4) is 0 Å². The lowest BCUT2D eigenvalue weighted by molar-refractivity contribution is -0.00241. The van der Waals surface area contributed by atoms with Crippen LogP contribution in [0.1, 0.15) is 19.3 Å². The molecule has 0 saturated carbocycles. The molecule has 2 heterocycles. The van der Waals surface area contributed by atoms with Crippen molar-refractivity contribution < 1.29 is 9.47 Å². The first-order valence-corrected chi connectivity index (χ1v) is 6.10. The number of dihydropyridines is 1. The van der Waals surface area contributed by atoms with Crippen LogP contribution in [0.15, 0.2) is 24.4 Å². The third-order valence-electron chi connectivity index (χ3n) is 3.20. The lowest BCUT2D eigenvalue weighted by atomic mass is 9.97. The fraction of sp³-hybridized carbons (Fsp3) is 0.615. The van der Waals surface area contributed by atoms with Crippen molar-refractivity contribution in [1.82, 2.24) is 5.32 Å². The smallest absolute Gasteiger partial charge is 0.248 e. The summed E-state index contributed by atoms with van der Waals surface area (Å²) in [5.74, 6) is 0.669. The molecule has 17 heavy (non-hydrogen) atoms. The molecule has 2 rings (SSSR count). The maximum Gasteiger partial charge on any atom is 0.248 e. The predicted octanol–water partition coefficient (Wildman–Crippen LogP) is 1.71. The maximum atomic E-state index is 9.14.